The van der Waals surface area contributed by atoms with Gasteiger partial charge in [0, 0.05) is 22.2 Å². The third-order valence-corrected chi connectivity index (χ3v) is 4.84. The smallest absolute Gasteiger partial charge is 0.124 e. The molecule has 5 heteroatoms. The highest BCUT2D eigenvalue weighted by molar-refractivity contribution is 6.30. The molecule has 0 bridgehead atoms. The molecule has 0 amide bonds. The Morgan fingerprint density at radius 3 is 2.39 bits per heavy atom. The molecule has 0 aliphatic heterocycles. The lowest BCUT2D eigenvalue weighted by Gasteiger charge is -2.13. The minimum absolute atomic E-state index is 0.459. The van der Waals surface area contributed by atoms with Gasteiger partial charge in [-0.1, -0.05) is 47.5 Å². The van der Waals surface area contributed by atoms with E-state index in [9.17, 15) is 0 Å². The van der Waals surface area contributed by atoms with Crippen molar-refractivity contribution in [3.05, 3.63) is 93.5 Å². The zero-order valence-electron chi connectivity index (χ0n) is 15.8. The van der Waals surface area contributed by atoms with Crippen molar-refractivity contribution in [1.82, 2.24) is 5.32 Å². The van der Waals surface area contributed by atoms with Gasteiger partial charge in [-0.3, -0.25) is 0 Å². The molecule has 146 valence electrons. The molecule has 3 nitrogen and oxygen atoms in total. The van der Waals surface area contributed by atoms with Crippen LogP contribution in [0.2, 0.25) is 10.0 Å². The van der Waals surface area contributed by atoms with Crippen LogP contribution in [-0.2, 0) is 19.6 Å². The lowest BCUT2D eigenvalue weighted by atomic mass is 10.1. The number of benzene rings is 3. The Bertz CT molecular complexity index is 897. The predicted molar refractivity (Wildman–Crippen MR) is 116 cm³/mol. The minimum atomic E-state index is 0.459. The molecule has 1 N–H and O–H groups in total. The van der Waals surface area contributed by atoms with Crippen LogP contribution in [0, 0.1) is 0 Å². The zero-order valence-corrected chi connectivity index (χ0v) is 17.3. The van der Waals surface area contributed by atoms with Crippen molar-refractivity contribution in [3.63, 3.8) is 0 Å². The molecule has 3 aromatic carbocycles. The van der Waals surface area contributed by atoms with E-state index in [1.807, 2.05) is 54.6 Å². The van der Waals surface area contributed by atoms with Gasteiger partial charge in [-0.25, -0.2) is 0 Å². The number of hydrogen-bond acceptors (Lipinski definition) is 3. The summed E-state index contributed by atoms with van der Waals surface area (Å²) in [6, 6.07) is 21.5. The summed E-state index contributed by atoms with van der Waals surface area (Å²) in [5.41, 5.74) is 3.32. The van der Waals surface area contributed by atoms with E-state index in [-0.39, 0.29) is 0 Å². The Morgan fingerprint density at radius 1 is 0.857 bits per heavy atom. The standard InChI is InChI=1S/C23H23Cl2NO2/c1-27-22-8-5-17(6-9-22)11-12-26-15-19-14-21(25)7-10-23(19)28-16-18-3-2-4-20(24)13-18/h2-10,13-14,26H,11-12,15-16H2,1H3. The van der Waals surface area contributed by atoms with Gasteiger partial charge in [0.1, 0.15) is 18.1 Å². The summed E-state index contributed by atoms with van der Waals surface area (Å²) >= 11 is 12.2. The van der Waals surface area contributed by atoms with Crippen LogP contribution in [-0.4, -0.2) is 13.7 Å². The van der Waals surface area contributed by atoms with Crippen LogP contribution in [0.25, 0.3) is 0 Å². The van der Waals surface area contributed by atoms with E-state index in [0.717, 1.165) is 35.6 Å². The summed E-state index contributed by atoms with van der Waals surface area (Å²) in [5.74, 6) is 1.69. The lowest BCUT2D eigenvalue weighted by molar-refractivity contribution is 0.302. The van der Waals surface area contributed by atoms with Crippen LogP contribution < -0.4 is 14.8 Å². The Labute approximate surface area is 176 Å². The summed E-state index contributed by atoms with van der Waals surface area (Å²) in [4.78, 5) is 0. The summed E-state index contributed by atoms with van der Waals surface area (Å²) < 4.78 is 11.2. The second kappa shape index (κ2) is 10.4. The molecule has 0 saturated carbocycles. The van der Waals surface area contributed by atoms with Crippen LogP contribution in [0.3, 0.4) is 0 Å². The van der Waals surface area contributed by atoms with Crippen molar-refractivity contribution in [1.29, 1.82) is 0 Å². The number of methoxy groups -OCH3 is 1. The highest BCUT2D eigenvalue weighted by Gasteiger charge is 2.06. The van der Waals surface area contributed by atoms with Crippen LogP contribution in [0.15, 0.2) is 66.7 Å². The third kappa shape index (κ3) is 6.16. The highest BCUT2D eigenvalue weighted by Crippen LogP contribution is 2.24. The van der Waals surface area contributed by atoms with Gasteiger partial charge in [0.05, 0.1) is 7.11 Å². The van der Waals surface area contributed by atoms with E-state index in [0.29, 0.717) is 23.2 Å². The number of ether oxygens (including phenoxy) is 2. The molecule has 0 fully saturated rings. The van der Waals surface area contributed by atoms with E-state index in [2.05, 4.69) is 17.4 Å². The Balaban J connectivity index is 1.54. The summed E-state index contributed by atoms with van der Waals surface area (Å²) in [6.45, 7) is 2.00. The van der Waals surface area contributed by atoms with Gasteiger partial charge in [0.15, 0.2) is 0 Å². The average Bonchev–Trinajstić information content (AvgIpc) is 2.71. The van der Waals surface area contributed by atoms with Gasteiger partial charge in [0.2, 0.25) is 0 Å². The largest absolute Gasteiger partial charge is 0.497 e. The van der Waals surface area contributed by atoms with E-state index < -0.39 is 0 Å². The van der Waals surface area contributed by atoms with Gasteiger partial charge >= 0.3 is 0 Å². The molecule has 0 spiro atoms. The van der Waals surface area contributed by atoms with Gasteiger partial charge in [-0.05, 0) is 66.6 Å². The number of nitrogens with one attached hydrogen (secondary N) is 1. The van der Waals surface area contributed by atoms with Crippen LogP contribution in [0.4, 0.5) is 0 Å². The first-order chi connectivity index (χ1) is 13.6. The molecule has 0 aliphatic carbocycles. The molecule has 0 radical (unpaired) electrons. The molecule has 3 aromatic rings. The fourth-order valence-corrected chi connectivity index (χ4v) is 3.27. The second-order valence-electron chi connectivity index (χ2n) is 6.45. The van der Waals surface area contributed by atoms with Gasteiger partial charge in [-0.2, -0.15) is 0 Å². The SMILES string of the molecule is COc1ccc(CCNCc2cc(Cl)ccc2OCc2cccc(Cl)c2)cc1. The van der Waals surface area contributed by atoms with Crippen molar-refractivity contribution < 1.29 is 9.47 Å². The van der Waals surface area contributed by atoms with Gasteiger partial charge in [-0.15, -0.1) is 0 Å². The summed E-state index contributed by atoms with van der Waals surface area (Å²) in [6.07, 6.45) is 0.934. The van der Waals surface area contributed by atoms with Gasteiger partial charge < -0.3 is 14.8 Å². The monoisotopic (exact) mass is 415 g/mol. The maximum absolute atomic E-state index is 6.18. The minimum Gasteiger partial charge on any atom is -0.497 e. The zero-order chi connectivity index (χ0) is 19.8. The third-order valence-electron chi connectivity index (χ3n) is 4.37. The topological polar surface area (TPSA) is 30.5 Å². The lowest BCUT2D eigenvalue weighted by Crippen LogP contribution is -2.17. The predicted octanol–water partition coefficient (Wildman–Crippen LogP) is 5.91. The first-order valence-electron chi connectivity index (χ1n) is 9.13. The molecule has 0 heterocycles. The first-order valence-corrected chi connectivity index (χ1v) is 9.89. The molecule has 28 heavy (non-hydrogen) atoms. The van der Waals surface area contributed by atoms with Crippen molar-refractivity contribution in [2.75, 3.05) is 13.7 Å². The van der Waals surface area contributed by atoms with Crippen LogP contribution in [0.5, 0.6) is 11.5 Å². The molecule has 0 aliphatic rings. The molecule has 0 atom stereocenters. The Kier molecular flexibility index (Phi) is 7.61. The quantitative estimate of drug-likeness (QED) is 0.440. The molecular weight excluding hydrogens is 393 g/mol. The van der Waals surface area contributed by atoms with Crippen molar-refractivity contribution in [2.24, 2.45) is 0 Å². The van der Waals surface area contributed by atoms with Gasteiger partial charge in [0.25, 0.3) is 0 Å². The number of halogens is 2. The van der Waals surface area contributed by atoms with Crippen LogP contribution in [0.1, 0.15) is 16.7 Å². The van der Waals surface area contributed by atoms with Crippen LogP contribution >= 0.6 is 23.2 Å². The maximum atomic E-state index is 6.18. The molecule has 3 rings (SSSR count). The van der Waals surface area contributed by atoms with Crippen molar-refractivity contribution in [3.8, 4) is 11.5 Å². The van der Waals surface area contributed by atoms with E-state index >= 15 is 0 Å². The Morgan fingerprint density at radius 2 is 1.64 bits per heavy atom. The number of rotatable bonds is 9. The van der Waals surface area contributed by atoms with Crippen molar-refractivity contribution in [2.45, 2.75) is 19.6 Å². The second-order valence-corrected chi connectivity index (χ2v) is 7.32. The van der Waals surface area contributed by atoms with E-state index in [4.69, 9.17) is 32.7 Å². The fourth-order valence-electron chi connectivity index (χ4n) is 2.86. The molecule has 0 aromatic heterocycles. The average molecular weight is 416 g/mol. The van der Waals surface area contributed by atoms with Crippen molar-refractivity contribution >= 4 is 23.2 Å². The maximum Gasteiger partial charge on any atom is 0.124 e. The highest BCUT2D eigenvalue weighted by atomic mass is 35.5. The molecule has 0 saturated heterocycles. The molecular formula is C23H23Cl2NO2. The molecule has 0 unspecified atom stereocenters. The number of hydrogen-bond donors (Lipinski definition) is 1. The fraction of sp³-hybridized carbons (Fsp3) is 0.217. The normalized spacial score (nSPS) is 10.7. The Hall–Kier alpha value is -2.20. The summed E-state index contributed by atoms with van der Waals surface area (Å²) in [5, 5.41) is 4.87. The summed E-state index contributed by atoms with van der Waals surface area (Å²) in [7, 11) is 1.67. The first kappa shape index (κ1) is 20.5. The van der Waals surface area contributed by atoms with E-state index in [1.54, 1.807) is 7.11 Å². The van der Waals surface area contributed by atoms with E-state index in [1.165, 1.54) is 5.56 Å².